The molecule has 0 radical (unpaired) electrons. The van der Waals surface area contributed by atoms with Crippen LogP contribution >= 0.6 is 23.2 Å². The van der Waals surface area contributed by atoms with Gasteiger partial charge in [-0.1, -0.05) is 23.2 Å². The lowest BCUT2D eigenvalue weighted by molar-refractivity contribution is -0.115. The molecule has 0 saturated carbocycles. The highest BCUT2D eigenvalue weighted by Gasteiger charge is 2.19. The zero-order valence-corrected chi connectivity index (χ0v) is 20.5. The third kappa shape index (κ3) is 6.38. The highest BCUT2D eigenvalue weighted by atomic mass is 35.5. The minimum atomic E-state index is -4.01. The summed E-state index contributed by atoms with van der Waals surface area (Å²) in [6, 6.07) is 12.9. The summed E-state index contributed by atoms with van der Waals surface area (Å²) >= 11 is 12.0. The Labute approximate surface area is 206 Å². The quantitative estimate of drug-likeness (QED) is 0.423. The number of nitrogens with one attached hydrogen (secondary N) is 2. The van der Waals surface area contributed by atoms with Crippen molar-refractivity contribution in [2.24, 2.45) is 0 Å². The van der Waals surface area contributed by atoms with Crippen LogP contribution in [-0.4, -0.2) is 35.1 Å². The van der Waals surface area contributed by atoms with Gasteiger partial charge in [0.2, 0.25) is 15.9 Å². The second-order valence-corrected chi connectivity index (χ2v) is 9.74. The van der Waals surface area contributed by atoms with Gasteiger partial charge in [0.1, 0.15) is 5.82 Å². The van der Waals surface area contributed by atoms with Crippen molar-refractivity contribution >= 4 is 44.8 Å². The maximum atomic E-state index is 14.2. The number of carbonyl (C=O) groups excluding carboxylic acids is 1. The van der Waals surface area contributed by atoms with Crippen molar-refractivity contribution in [3.63, 3.8) is 0 Å². The van der Waals surface area contributed by atoms with Gasteiger partial charge in [0.05, 0.1) is 25.7 Å². The Bertz CT molecular complexity index is 1320. The Morgan fingerprint density at radius 2 is 1.56 bits per heavy atom. The van der Waals surface area contributed by atoms with Gasteiger partial charge in [0.25, 0.3) is 0 Å². The summed E-state index contributed by atoms with van der Waals surface area (Å²) in [6.07, 6.45) is 0.111. The van der Waals surface area contributed by atoms with Crippen LogP contribution in [0.2, 0.25) is 10.0 Å². The maximum Gasteiger partial charge on any atom is 0.241 e. The van der Waals surface area contributed by atoms with Gasteiger partial charge in [0, 0.05) is 28.2 Å². The number of sulfonamides is 1. The minimum absolute atomic E-state index is 0.0958. The van der Waals surface area contributed by atoms with Crippen LogP contribution in [0, 0.1) is 5.82 Å². The molecule has 0 saturated heterocycles. The van der Waals surface area contributed by atoms with Crippen LogP contribution in [-0.2, 0) is 21.2 Å². The Morgan fingerprint density at radius 3 is 2.24 bits per heavy atom. The van der Waals surface area contributed by atoms with Crippen molar-refractivity contribution in [2.75, 3.05) is 26.1 Å². The summed E-state index contributed by atoms with van der Waals surface area (Å²) in [4.78, 5) is 12.4. The molecule has 0 spiro atoms. The minimum Gasteiger partial charge on any atom is -0.493 e. The van der Waals surface area contributed by atoms with Gasteiger partial charge in [-0.15, -0.1) is 0 Å². The molecule has 0 aliphatic carbocycles. The molecule has 11 heteroatoms. The summed E-state index contributed by atoms with van der Waals surface area (Å²) in [7, 11) is -1.20. The van der Waals surface area contributed by atoms with Crippen molar-refractivity contribution in [3.05, 3.63) is 81.6 Å². The molecule has 3 aromatic rings. The second-order valence-electron chi connectivity index (χ2n) is 7.10. The predicted octanol–water partition coefficient (Wildman–Crippen LogP) is 4.66. The largest absolute Gasteiger partial charge is 0.493 e. The number of ether oxygens (including phenoxy) is 2. The predicted molar refractivity (Wildman–Crippen MR) is 129 cm³/mol. The van der Waals surface area contributed by atoms with Crippen LogP contribution in [0.25, 0.3) is 0 Å². The third-order valence-corrected chi connectivity index (χ3v) is 6.69. The van der Waals surface area contributed by atoms with E-state index in [2.05, 4.69) is 10.0 Å². The average Bonchev–Trinajstić information content (AvgIpc) is 2.81. The first-order valence-corrected chi connectivity index (χ1v) is 12.1. The molecule has 3 aromatic carbocycles. The van der Waals surface area contributed by atoms with E-state index in [0.717, 1.165) is 0 Å². The molecular weight excluding hydrogens is 506 g/mol. The number of carbonyl (C=O) groups is 1. The monoisotopic (exact) mass is 526 g/mol. The molecule has 0 fully saturated rings. The Hall–Kier alpha value is -2.85. The lowest BCUT2D eigenvalue weighted by Crippen LogP contribution is -2.33. The van der Waals surface area contributed by atoms with E-state index in [1.165, 1.54) is 50.6 Å². The highest BCUT2D eigenvalue weighted by molar-refractivity contribution is 7.89. The molecule has 2 N–H and O–H groups in total. The first-order valence-electron chi connectivity index (χ1n) is 9.87. The van der Waals surface area contributed by atoms with Gasteiger partial charge in [-0.25, -0.2) is 17.5 Å². The van der Waals surface area contributed by atoms with Gasteiger partial charge < -0.3 is 14.8 Å². The van der Waals surface area contributed by atoms with Crippen molar-refractivity contribution in [1.82, 2.24) is 4.72 Å². The van der Waals surface area contributed by atoms with Crippen LogP contribution in [0.4, 0.5) is 10.1 Å². The number of methoxy groups -OCH3 is 2. The molecular formula is C23H21Cl2FN2O5S. The van der Waals surface area contributed by atoms with Crippen LogP contribution in [0.3, 0.4) is 0 Å². The van der Waals surface area contributed by atoms with Crippen LogP contribution in [0.1, 0.15) is 11.1 Å². The highest BCUT2D eigenvalue weighted by Crippen LogP contribution is 2.29. The van der Waals surface area contributed by atoms with Gasteiger partial charge in [-0.2, -0.15) is 0 Å². The van der Waals surface area contributed by atoms with E-state index in [9.17, 15) is 17.6 Å². The number of halogens is 3. The normalized spacial score (nSPS) is 11.2. The lowest BCUT2D eigenvalue weighted by Gasteiger charge is -2.14. The molecule has 1 amide bonds. The third-order valence-electron chi connectivity index (χ3n) is 4.82. The average molecular weight is 527 g/mol. The number of amides is 1. The summed E-state index contributed by atoms with van der Waals surface area (Å²) < 4.78 is 51.9. The molecule has 0 aromatic heterocycles. The van der Waals surface area contributed by atoms with E-state index in [1.54, 1.807) is 18.2 Å². The number of benzene rings is 3. The zero-order valence-electron chi connectivity index (χ0n) is 18.2. The van der Waals surface area contributed by atoms with Crippen molar-refractivity contribution in [3.8, 4) is 11.5 Å². The first-order chi connectivity index (χ1) is 16.1. The Kier molecular flexibility index (Phi) is 8.37. The SMILES string of the molecule is COc1ccc(S(=O)(=O)NCC(=O)Nc2ccc(Cl)cc2Cc2cc(Cl)ccc2F)cc1OC. The van der Waals surface area contributed by atoms with E-state index in [4.69, 9.17) is 32.7 Å². The summed E-state index contributed by atoms with van der Waals surface area (Å²) in [5, 5.41) is 3.39. The van der Waals surface area contributed by atoms with Crippen molar-refractivity contribution in [1.29, 1.82) is 0 Å². The van der Waals surface area contributed by atoms with Crippen molar-refractivity contribution in [2.45, 2.75) is 11.3 Å². The molecule has 0 aliphatic rings. The fraction of sp³-hybridized carbons (Fsp3) is 0.174. The van der Waals surface area contributed by atoms with Gasteiger partial charge in [-0.05, 0) is 59.7 Å². The molecule has 0 aliphatic heterocycles. The van der Waals surface area contributed by atoms with Crippen molar-refractivity contribution < 1.29 is 27.1 Å². The number of anilines is 1. The van der Waals surface area contributed by atoms with Gasteiger partial charge >= 0.3 is 0 Å². The Morgan fingerprint density at radius 1 is 0.912 bits per heavy atom. The van der Waals surface area contributed by atoms with E-state index in [-0.39, 0.29) is 17.1 Å². The Balaban J connectivity index is 1.73. The topological polar surface area (TPSA) is 93.7 Å². The fourth-order valence-electron chi connectivity index (χ4n) is 3.14. The fourth-order valence-corrected chi connectivity index (χ4v) is 4.52. The van der Waals surface area contributed by atoms with E-state index < -0.39 is 28.3 Å². The summed E-state index contributed by atoms with van der Waals surface area (Å²) in [5.74, 6) is -0.483. The molecule has 0 atom stereocenters. The zero-order chi connectivity index (χ0) is 24.9. The van der Waals surface area contributed by atoms with Crippen LogP contribution in [0.5, 0.6) is 11.5 Å². The number of hydrogen-bond donors (Lipinski definition) is 2. The molecule has 180 valence electrons. The molecule has 0 unspecified atom stereocenters. The molecule has 0 bridgehead atoms. The van der Waals surface area contributed by atoms with Crippen LogP contribution in [0.15, 0.2) is 59.5 Å². The molecule has 0 heterocycles. The molecule has 3 rings (SSSR count). The summed E-state index contributed by atoms with van der Waals surface area (Å²) in [5.41, 5.74) is 1.21. The first kappa shape index (κ1) is 25.8. The number of rotatable bonds is 9. The smallest absolute Gasteiger partial charge is 0.241 e. The standard InChI is InChI=1S/C23H21Cl2FN2O5S/c1-32-21-8-5-18(12-22(21)33-2)34(30,31)27-13-23(29)28-20-7-4-17(25)11-15(20)9-14-10-16(24)3-6-19(14)26/h3-8,10-12,27H,9,13H2,1-2H3,(H,28,29). The van der Waals surface area contributed by atoms with Gasteiger partial charge in [-0.3, -0.25) is 4.79 Å². The number of hydrogen-bond acceptors (Lipinski definition) is 5. The van der Waals surface area contributed by atoms with E-state index in [1.807, 2.05) is 0 Å². The maximum absolute atomic E-state index is 14.2. The second kappa shape index (κ2) is 11.1. The lowest BCUT2D eigenvalue weighted by atomic mass is 10.0. The van der Waals surface area contributed by atoms with E-state index >= 15 is 0 Å². The van der Waals surface area contributed by atoms with Crippen LogP contribution < -0.4 is 19.5 Å². The molecule has 7 nitrogen and oxygen atoms in total. The van der Waals surface area contributed by atoms with E-state index in [0.29, 0.717) is 32.6 Å². The summed E-state index contributed by atoms with van der Waals surface area (Å²) in [6.45, 7) is -0.537. The molecule has 34 heavy (non-hydrogen) atoms. The van der Waals surface area contributed by atoms with Gasteiger partial charge in [0.15, 0.2) is 11.5 Å².